The molecule has 1 heterocycles. The number of hydrogen-bond acceptors (Lipinski definition) is 5. The lowest BCUT2D eigenvalue weighted by atomic mass is 9.81. The Bertz CT molecular complexity index is 1030. The lowest BCUT2D eigenvalue weighted by Gasteiger charge is -2.30. The fourth-order valence-corrected chi connectivity index (χ4v) is 4.28. The van der Waals surface area contributed by atoms with E-state index in [4.69, 9.17) is 0 Å². The number of non-ortho nitro benzene ring substituents is 1. The summed E-state index contributed by atoms with van der Waals surface area (Å²) in [5.74, 6) is -3.15. The first-order valence-corrected chi connectivity index (χ1v) is 10.1. The van der Waals surface area contributed by atoms with Crippen LogP contribution in [0, 0.1) is 27.8 Å². The molecule has 160 valence electrons. The molecule has 2 aliphatic rings. The highest BCUT2D eigenvalue weighted by Gasteiger charge is 2.51. The summed E-state index contributed by atoms with van der Waals surface area (Å²) >= 11 is 0. The predicted octanol–water partition coefficient (Wildman–Crippen LogP) is 3.47. The van der Waals surface area contributed by atoms with Gasteiger partial charge in [0, 0.05) is 23.3 Å². The van der Waals surface area contributed by atoms with E-state index in [9.17, 15) is 28.9 Å². The summed E-state index contributed by atoms with van der Waals surface area (Å²) in [5, 5.41) is 12.7. The minimum absolute atomic E-state index is 0.0532. The largest absolute Gasteiger partial charge is 0.273 e. The van der Waals surface area contributed by atoms with Crippen LogP contribution < -0.4 is 0 Å². The van der Waals surface area contributed by atoms with Crippen molar-refractivity contribution in [3.63, 3.8) is 0 Å². The van der Waals surface area contributed by atoms with E-state index in [1.54, 1.807) is 6.07 Å². The first-order valence-electron chi connectivity index (χ1n) is 10.1. The van der Waals surface area contributed by atoms with Gasteiger partial charge in [-0.3, -0.25) is 24.5 Å². The molecule has 0 radical (unpaired) electrons. The molecule has 1 saturated carbocycles. The fraction of sp³-hybridized carbons (Fsp3) is 0.318. The van der Waals surface area contributed by atoms with Gasteiger partial charge in [-0.25, -0.2) is 9.40 Å². The Morgan fingerprint density at radius 2 is 1.61 bits per heavy atom. The number of halogens is 1. The van der Waals surface area contributed by atoms with Gasteiger partial charge >= 0.3 is 0 Å². The second kappa shape index (κ2) is 8.25. The number of nitro groups is 1. The van der Waals surface area contributed by atoms with Gasteiger partial charge in [0.15, 0.2) is 0 Å². The van der Waals surface area contributed by atoms with Gasteiger partial charge in [0.05, 0.1) is 23.3 Å². The predicted molar refractivity (Wildman–Crippen MR) is 107 cm³/mol. The van der Waals surface area contributed by atoms with Crippen LogP contribution >= 0.6 is 0 Å². The SMILES string of the molecule is O=C(c1ccc([N+](=O)[O-])cc1)N(Cc1ccccc1F)N1C(=O)[C@@H]2CCCC[C@H]2C1=O. The van der Waals surface area contributed by atoms with Gasteiger partial charge in [-0.05, 0) is 31.0 Å². The minimum atomic E-state index is -0.710. The molecule has 0 N–H and O–H groups in total. The highest BCUT2D eigenvalue weighted by Crippen LogP contribution is 2.39. The Kier molecular flexibility index (Phi) is 5.50. The molecule has 1 aliphatic heterocycles. The Labute approximate surface area is 177 Å². The van der Waals surface area contributed by atoms with Crippen LogP contribution in [0.3, 0.4) is 0 Å². The van der Waals surface area contributed by atoms with Crippen LogP contribution in [-0.4, -0.2) is 32.7 Å². The molecule has 1 aliphatic carbocycles. The normalized spacial score (nSPS) is 20.5. The summed E-state index contributed by atoms with van der Waals surface area (Å²) in [6.07, 6.45) is 2.81. The van der Waals surface area contributed by atoms with Gasteiger partial charge in [0.25, 0.3) is 23.4 Å². The van der Waals surface area contributed by atoms with E-state index in [0.29, 0.717) is 12.8 Å². The molecule has 2 fully saturated rings. The maximum Gasteiger partial charge on any atom is 0.273 e. The van der Waals surface area contributed by atoms with Gasteiger partial charge < -0.3 is 0 Å². The molecule has 8 nitrogen and oxygen atoms in total. The van der Waals surface area contributed by atoms with Crippen molar-refractivity contribution in [3.05, 3.63) is 75.6 Å². The lowest BCUT2D eigenvalue weighted by Crippen LogP contribution is -2.49. The average molecular weight is 425 g/mol. The average Bonchev–Trinajstić information content (AvgIpc) is 3.03. The summed E-state index contributed by atoms with van der Waals surface area (Å²) in [6.45, 7) is -0.320. The van der Waals surface area contributed by atoms with Crippen molar-refractivity contribution in [1.82, 2.24) is 10.0 Å². The highest BCUT2D eigenvalue weighted by atomic mass is 19.1. The number of nitrogens with zero attached hydrogens (tertiary/aromatic N) is 3. The Morgan fingerprint density at radius 3 is 2.16 bits per heavy atom. The van der Waals surface area contributed by atoms with E-state index >= 15 is 0 Å². The van der Waals surface area contributed by atoms with Crippen LogP contribution in [0.15, 0.2) is 48.5 Å². The van der Waals surface area contributed by atoms with Crippen molar-refractivity contribution in [1.29, 1.82) is 0 Å². The van der Waals surface area contributed by atoms with Gasteiger partial charge in [0.2, 0.25) is 0 Å². The molecule has 4 rings (SSSR count). The standard InChI is InChI=1S/C22H20FN3O5/c23-19-8-4-1-5-15(19)13-24(20(27)14-9-11-16(12-10-14)26(30)31)25-21(28)17-6-2-3-7-18(17)22(25)29/h1,4-5,8-12,17-18H,2-3,6-7,13H2/t17-,18-/m1/s1. The van der Waals surface area contributed by atoms with Crippen molar-refractivity contribution in [2.45, 2.75) is 32.2 Å². The monoisotopic (exact) mass is 425 g/mol. The molecule has 31 heavy (non-hydrogen) atoms. The third-order valence-electron chi connectivity index (χ3n) is 5.90. The molecular formula is C22H20FN3O5. The van der Waals surface area contributed by atoms with Crippen molar-refractivity contribution in [2.75, 3.05) is 0 Å². The molecular weight excluding hydrogens is 405 g/mol. The molecule has 0 spiro atoms. The highest BCUT2D eigenvalue weighted by molar-refractivity contribution is 6.07. The van der Waals surface area contributed by atoms with Crippen molar-refractivity contribution >= 4 is 23.4 Å². The number of hydrogen-bond donors (Lipinski definition) is 0. The smallest absolute Gasteiger partial charge is 0.272 e. The summed E-state index contributed by atoms with van der Waals surface area (Å²) < 4.78 is 14.3. The van der Waals surface area contributed by atoms with Crippen LogP contribution in [0.1, 0.15) is 41.6 Å². The molecule has 2 aromatic carbocycles. The molecule has 2 atom stereocenters. The number of benzene rings is 2. The van der Waals surface area contributed by atoms with Gasteiger partial charge in [-0.1, -0.05) is 31.0 Å². The summed E-state index contributed by atoms with van der Waals surface area (Å²) in [7, 11) is 0. The van der Waals surface area contributed by atoms with Crippen LogP contribution in [0.4, 0.5) is 10.1 Å². The van der Waals surface area contributed by atoms with E-state index in [-0.39, 0.29) is 23.4 Å². The maximum absolute atomic E-state index is 14.3. The van der Waals surface area contributed by atoms with E-state index < -0.39 is 40.3 Å². The van der Waals surface area contributed by atoms with E-state index in [1.807, 2.05) is 0 Å². The zero-order chi connectivity index (χ0) is 22.1. The number of hydrazine groups is 1. The topological polar surface area (TPSA) is 101 Å². The molecule has 1 saturated heterocycles. The first-order chi connectivity index (χ1) is 14.9. The molecule has 0 unspecified atom stereocenters. The number of fused-ring (bicyclic) bond motifs is 1. The van der Waals surface area contributed by atoms with Crippen LogP contribution in [-0.2, 0) is 16.1 Å². The number of rotatable bonds is 5. The number of carbonyl (C=O) groups excluding carboxylic acids is 3. The van der Waals surface area contributed by atoms with Crippen molar-refractivity contribution in [3.8, 4) is 0 Å². The van der Waals surface area contributed by atoms with Crippen molar-refractivity contribution in [2.24, 2.45) is 11.8 Å². The lowest BCUT2D eigenvalue weighted by molar-refractivity contribution is -0.384. The Balaban J connectivity index is 1.71. The second-order valence-corrected chi connectivity index (χ2v) is 7.74. The fourth-order valence-electron chi connectivity index (χ4n) is 4.28. The van der Waals surface area contributed by atoms with Crippen LogP contribution in [0.25, 0.3) is 0 Å². The second-order valence-electron chi connectivity index (χ2n) is 7.74. The van der Waals surface area contributed by atoms with Crippen LogP contribution in [0.5, 0.6) is 0 Å². The van der Waals surface area contributed by atoms with Crippen LogP contribution in [0.2, 0.25) is 0 Å². The van der Waals surface area contributed by atoms with Gasteiger partial charge in [-0.2, -0.15) is 5.01 Å². The molecule has 0 aromatic heterocycles. The summed E-state index contributed by atoms with van der Waals surface area (Å²) in [6, 6.07) is 10.7. The Hall–Kier alpha value is -3.62. The van der Waals surface area contributed by atoms with E-state index in [1.165, 1.54) is 42.5 Å². The number of amides is 3. The zero-order valence-electron chi connectivity index (χ0n) is 16.6. The molecule has 0 bridgehead atoms. The summed E-state index contributed by atoms with van der Waals surface area (Å²) in [4.78, 5) is 49.8. The number of imide groups is 1. The van der Waals surface area contributed by atoms with E-state index in [0.717, 1.165) is 22.9 Å². The molecule has 3 amide bonds. The minimum Gasteiger partial charge on any atom is -0.272 e. The Morgan fingerprint density at radius 1 is 1.03 bits per heavy atom. The maximum atomic E-state index is 14.3. The quantitative estimate of drug-likeness (QED) is 0.415. The first kappa shape index (κ1) is 20.6. The third-order valence-corrected chi connectivity index (χ3v) is 5.90. The van der Waals surface area contributed by atoms with E-state index in [2.05, 4.69) is 0 Å². The molecule has 2 aromatic rings. The zero-order valence-corrected chi connectivity index (χ0v) is 16.6. The van der Waals surface area contributed by atoms with Gasteiger partial charge in [0.1, 0.15) is 5.82 Å². The van der Waals surface area contributed by atoms with Gasteiger partial charge in [-0.15, -0.1) is 0 Å². The third kappa shape index (κ3) is 3.78. The molecule has 9 heteroatoms. The van der Waals surface area contributed by atoms with Crippen molar-refractivity contribution < 1.29 is 23.7 Å². The number of carbonyl (C=O) groups is 3. The number of nitro benzene ring substituents is 1. The summed E-state index contributed by atoms with van der Waals surface area (Å²) in [5.41, 5.74) is 0.00203.